The maximum atomic E-state index is 6.32. The lowest BCUT2D eigenvalue weighted by Gasteiger charge is -2.16. The molecule has 3 aromatic carbocycles. The van der Waals surface area contributed by atoms with E-state index in [4.69, 9.17) is 14.5 Å². The third-order valence-corrected chi connectivity index (χ3v) is 5.95. The van der Waals surface area contributed by atoms with Crippen molar-refractivity contribution in [2.24, 2.45) is 0 Å². The zero-order chi connectivity index (χ0) is 23.2. The molecule has 0 N–H and O–H groups in total. The van der Waals surface area contributed by atoms with Crippen molar-refractivity contribution in [3.63, 3.8) is 0 Å². The van der Waals surface area contributed by atoms with E-state index in [1.807, 2.05) is 18.2 Å². The number of nitrogens with zero attached hydrogens (tertiary/aromatic N) is 2. The smallest absolute Gasteiger partial charge is 0.147 e. The molecule has 0 bridgehead atoms. The summed E-state index contributed by atoms with van der Waals surface area (Å²) in [6.45, 7) is 10.6. The first-order chi connectivity index (χ1) is 16.0. The average Bonchev–Trinajstić information content (AvgIpc) is 3.16. The van der Waals surface area contributed by atoms with Crippen molar-refractivity contribution >= 4 is 11.0 Å². The van der Waals surface area contributed by atoms with Crippen LogP contribution >= 0.6 is 0 Å². The fourth-order valence-electron chi connectivity index (χ4n) is 4.07. The molecule has 33 heavy (non-hydrogen) atoms. The van der Waals surface area contributed by atoms with Gasteiger partial charge in [-0.2, -0.15) is 0 Å². The third-order valence-electron chi connectivity index (χ3n) is 5.95. The monoisotopic (exact) mass is 442 g/mol. The Labute approximate surface area is 197 Å². The van der Waals surface area contributed by atoms with Gasteiger partial charge in [0, 0.05) is 6.54 Å². The van der Waals surface area contributed by atoms with E-state index in [2.05, 4.69) is 80.8 Å². The van der Waals surface area contributed by atoms with Crippen molar-refractivity contribution in [3.05, 3.63) is 89.2 Å². The lowest BCUT2D eigenvalue weighted by atomic mass is 10.0. The van der Waals surface area contributed by atoms with E-state index in [1.165, 1.54) is 16.7 Å². The highest BCUT2D eigenvalue weighted by Gasteiger charge is 2.13. The van der Waals surface area contributed by atoms with Crippen molar-refractivity contribution in [3.8, 4) is 11.5 Å². The number of ether oxygens (including phenoxy) is 2. The van der Waals surface area contributed by atoms with Gasteiger partial charge in [-0.15, -0.1) is 0 Å². The molecule has 4 rings (SSSR count). The SMILES string of the molecule is Cc1ccc(OCCCCn2c(COc3cc(C)ccc3C(C)C)nc3ccccc32)cc1. The van der Waals surface area contributed by atoms with Crippen molar-refractivity contribution in [1.82, 2.24) is 9.55 Å². The summed E-state index contributed by atoms with van der Waals surface area (Å²) in [6.07, 6.45) is 2.00. The van der Waals surface area contributed by atoms with Gasteiger partial charge in [0.25, 0.3) is 0 Å². The molecular weight excluding hydrogens is 408 g/mol. The fraction of sp³-hybridized carbons (Fsp3) is 0.345. The van der Waals surface area contributed by atoms with Gasteiger partial charge in [-0.3, -0.25) is 0 Å². The summed E-state index contributed by atoms with van der Waals surface area (Å²) in [5, 5.41) is 0. The number of hydrogen-bond donors (Lipinski definition) is 0. The summed E-state index contributed by atoms with van der Waals surface area (Å²) in [5.74, 6) is 3.26. The van der Waals surface area contributed by atoms with E-state index in [0.717, 1.165) is 47.7 Å². The molecule has 1 heterocycles. The van der Waals surface area contributed by atoms with Gasteiger partial charge in [0.05, 0.1) is 17.6 Å². The van der Waals surface area contributed by atoms with Crippen LogP contribution in [0.4, 0.5) is 0 Å². The van der Waals surface area contributed by atoms with Gasteiger partial charge in [-0.25, -0.2) is 4.98 Å². The Morgan fingerprint density at radius 1 is 0.848 bits per heavy atom. The quantitative estimate of drug-likeness (QED) is 0.243. The second kappa shape index (κ2) is 10.6. The second-order valence-corrected chi connectivity index (χ2v) is 9.02. The van der Waals surface area contributed by atoms with Gasteiger partial charge in [0.15, 0.2) is 0 Å². The number of aryl methyl sites for hydroxylation is 3. The molecule has 4 nitrogen and oxygen atoms in total. The second-order valence-electron chi connectivity index (χ2n) is 9.02. The number of hydrogen-bond acceptors (Lipinski definition) is 3. The van der Waals surface area contributed by atoms with Crippen LogP contribution in [0.25, 0.3) is 11.0 Å². The Bertz CT molecular complexity index is 1190. The van der Waals surface area contributed by atoms with Crippen LogP contribution in [0.2, 0.25) is 0 Å². The van der Waals surface area contributed by atoms with E-state index in [1.54, 1.807) is 0 Å². The van der Waals surface area contributed by atoms with E-state index in [0.29, 0.717) is 19.1 Å². The fourth-order valence-corrected chi connectivity index (χ4v) is 4.07. The first-order valence-corrected chi connectivity index (χ1v) is 11.9. The molecule has 0 fully saturated rings. The van der Waals surface area contributed by atoms with Gasteiger partial charge < -0.3 is 14.0 Å². The molecule has 4 heteroatoms. The normalized spacial score (nSPS) is 11.3. The highest BCUT2D eigenvalue weighted by molar-refractivity contribution is 5.75. The highest BCUT2D eigenvalue weighted by atomic mass is 16.5. The summed E-state index contributed by atoms with van der Waals surface area (Å²) in [7, 11) is 0. The summed E-state index contributed by atoms with van der Waals surface area (Å²) in [6, 6.07) is 23.0. The number of imidazole rings is 1. The van der Waals surface area contributed by atoms with Crippen LogP contribution in [0.5, 0.6) is 11.5 Å². The Balaban J connectivity index is 1.42. The molecule has 0 saturated carbocycles. The zero-order valence-corrected chi connectivity index (χ0v) is 20.2. The van der Waals surface area contributed by atoms with Crippen LogP contribution in [0.3, 0.4) is 0 Å². The molecule has 0 aliphatic rings. The summed E-state index contributed by atoms with van der Waals surface area (Å²) < 4.78 is 14.5. The van der Waals surface area contributed by atoms with E-state index in [9.17, 15) is 0 Å². The largest absolute Gasteiger partial charge is 0.494 e. The Hall–Kier alpha value is -3.27. The standard InChI is InChI=1S/C29H34N2O2/c1-21(2)25-16-13-23(4)19-28(25)33-20-29-30-26-9-5-6-10-27(26)31(29)17-7-8-18-32-24-14-11-22(3)12-15-24/h5-6,9-16,19,21H,7-8,17-18,20H2,1-4H3. The molecule has 0 atom stereocenters. The van der Waals surface area contributed by atoms with E-state index < -0.39 is 0 Å². The lowest BCUT2D eigenvalue weighted by Crippen LogP contribution is -2.09. The number of benzene rings is 3. The molecule has 0 unspecified atom stereocenters. The van der Waals surface area contributed by atoms with Crippen molar-refractivity contribution < 1.29 is 9.47 Å². The van der Waals surface area contributed by atoms with Crippen LogP contribution in [-0.4, -0.2) is 16.2 Å². The molecule has 0 spiro atoms. The molecule has 0 radical (unpaired) electrons. The maximum Gasteiger partial charge on any atom is 0.147 e. The summed E-state index contributed by atoms with van der Waals surface area (Å²) >= 11 is 0. The first-order valence-electron chi connectivity index (χ1n) is 11.9. The van der Waals surface area contributed by atoms with Gasteiger partial charge in [-0.1, -0.05) is 55.8 Å². The Morgan fingerprint density at radius 2 is 1.61 bits per heavy atom. The van der Waals surface area contributed by atoms with Crippen LogP contribution in [0.15, 0.2) is 66.7 Å². The molecule has 0 amide bonds. The molecular formula is C29H34N2O2. The predicted octanol–water partition coefficient (Wildman–Crippen LogP) is 7.21. The zero-order valence-electron chi connectivity index (χ0n) is 20.2. The minimum Gasteiger partial charge on any atom is -0.494 e. The molecule has 0 saturated heterocycles. The topological polar surface area (TPSA) is 36.3 Å². The third kappa shape index (κ3) is 5.75. The molecule has 1 aromatic heterocycles. The lowest BCUT2D eigenvalue weighted by molar-refractivity contribution is 0.282. The van der Waals surface area contributed by atoms with Gasteiger partial charge in [0.1, 0.15) is 23.9 Å². The Morgan fingerprint density at radius 3 is 2.39 bits per heavy atom. The molecule has 0 aliphatic heterocycles. The molecule has 0 aliphatic carbocycles. The van der Waals surface area contributed by atoms with E-state index in [-0.39, 0.29) is 0 Å². The number of aromatic nitrogens is 2. The average molecular weight is 443 g/mol. The molecule has 172 valence electrons. The van der Waals surface area contributed by atoms with Crippen LogP contribution < -0.4 is 9.47 Å². The Kier molecular flexibility index (Phi) is 7.33. The number of unbranched alkanes of at least 4 members (excludes halogenated alkanes) is 1. The number of para-hydroxylation sites is 2. The first kappa shape index (κ1) is 22.9. The van der Waals surface area contributed by atoms with Crippen LogP contribution in [-0.2, 0) is 13.2 Å². The summed E-state index contributed by atoms with van der Waals surface area (Å²) in [4.78, 5) is 4.89. The van der Waals surface area contributed by atoms with Crippen molar-refractivity contribution in [2.45, 2.75) is 59.6 Å². The van der Waals surface area contributed by atoms with Gasteiger partial charge in [-0.05, 0) is 74.1 Å². The van der Waals surface area contributed by atoms with Gasteiger partial charge >= 0.3 is 0 Å². The number of rotatable bonds is 10. The van der Waals surface area contributed by atoms with E-state index >= 15 is 0 Å². The molecule has 4 aromatic rings. The number of fused-ring (bicyclic) bond motifs is 1. The summed E-state index contributed by atoms with van der Waals surface area (Å²) in [5.41, 5.74) is 5.85. The minimum atomic E-state index is 0.410. The van der Waals surface area contributed by atoms with Gasteiger partial charge in [0.2, 0.25) is 0 Å². The van der Waals surface area contributed by atoms with Crippen LogP contribution in [0.1, 0.15) is 55.1 Å². The van der Waals surface area contributed by atoms with Crippen LogP contribution in [0, 0.1) is 13.8 Å². The maximum absolute atomic E-state index is 6.32. The predicted molar refractivity (Wildman–Crippen MR) is 135 cm³/mol. The van der Waals surface area contributed by atoms with Crippen molar-refractivity contribution in [1.29, 1.82) is 0 Å². The minimum absolute atomic E-state index is 0.410. The highest BCUT2D eigenvalue weighted by Crippen LogP contribution is 2.28. The van der Waals surface area contributed by atoms with Crippen molar-refractivity contribution in [2.75, 3.05) is 6.61 Å².